The highest BCUT2D eigenvalue weighted by Gasteiger charge is 2.31. The first-order valence-corrected chi connectivity index (χ1v) is 5.99. The van der Waals surface area contributed by atoms with Gasteiger partial charge in [-0.25, -0.2) is 0 Å². The van der Waals surface area contributed by atoms with E-state index in [2.05, 4.69) is 29.4 Å². The van der Waals surface area contributed by atoms with Crippen LogP contribution in [0.4, 0.5) is 0 Å². The molecule has 2 heterocycles. The van der Waals surface area contributed by atoms with Crippen molar-refractivity contribution in [1.82, 2.24) is 15.5 Å². The molecule has 0 spiro atoms. The third-order valence-electron chi connectivity index (χ3n) is 3.53. The summed E-state index contributed by atoms with van der Waals surface area (Å²) in [5.41, 5.74) is 0. The van der Waals surface area contributed by atoms with Crippen LogP contribution in [-0.4, -0.2) is 43.3 Å². The van der Waals surface area contributed by atoms with E-state index in [1.807, 2.05) is 0 Å². The number of piperazine rings is 1. The normalized spacial score (nSPS) is 35.4. The molecule has 0 aromatic rings. The Morgan fingerprint density at radius 1 is 1.29 bits per heavy atom. The Bertz CT molecular complexity index is 175. The average Bonchev–Trinajstić information content (AvgIpc) is 2.70. The summed E-state index contributed by atoms with van der Waals surface area (Å²) in [4.78, 5) is 2.67. The molecule has 3 heteroatoms. The summed E-state index contributed by atoms with van der Waals surface area (Å²) >= 11 is 0. The van der Waals surface area contributed by atoms with Crippen molar-refractivity contribution in [2.75, 3.05) is 26.2 Å². The van der Waals surface area contributed by atoms with Gasteiger partial charge in [-0.1, -0.05) is 13.8 Å². The summed E-state index contributed by atoms with van der Waals surface area (Å²) in [6, 6.07) is 0.722. The van der Waals surface area contributed by atoms with Gasteiger partial charge in [0.05, 0.1) is 6.17 Å². The van der Waals surface area contributed by atoms with E-state index in [0.29, 0.717) is 6.17 Å². The van der Waals surface area contributed by atoms with Gasteiger partial charge < -0.3 is 10.6 Å². The first-order valence-electron chi connectivity index (χ1n) is 5.99. The molecule has 0 aliphatic carbocycles. The minimum atomic E-state index is 0.657. The van der Waals surface area contributed by atoms with Gasteiger partial charge in [-0.05, 0) is 25.3 Å². The van der Waals surface area contributed by atoms with Crippen LogP contribution in [0.5, 0.6) is 0 Å². The van der Waals surface area contributed by atoms with Crippen LogP contribution >= 0.6 is 0 Å². The van der Waals surface area contributed by atoms with Crippen molar-refractivity contribution in [3.05, 3.63) is 0 Å². The average molecular weight is 197 g/mol. The Morgan fingerprint density at radius 3 is 2.79 bits per heavy atom. The Kier molecular flexibility index (Phi) is 3.42. The third-order valence-corrected chi connectivity index (χ3v) is 3.53. The number of nitrogens with one attached hydrogen (secondary N) is 2. The molecule has 14 heavy (non-hydrogen) atoms. The van der Waals surface area contributed by atoms with E-state index in [1.54, 1.807) is 0 Å². The second-order valence-electron chi connectivity index (χ2n) is 4.87. The van der Waals surface area contributed by atoms with Gasteiger partial charge >= 0.3 is 0 Å². The van der Waals surface area contributed by atoms with Crippen molar-refractivity contribution in [3.8, 4) is 0 Å². The second kappa shape index (κ2) is 4.60. The van der Waals surface area contributed by atoms with Crippen molar-refractivity contribution >= 4 is 0 Å². The van der Waals surface area contributed by atoms with Gasteiger partial charge in [0.2, 0.25) is 0 Å². The van der Waals surface area contributed by atoms with E-state index in [9.17, 15) is 0 Å². The number of nitrogens with zero attached hydrogens (tertiary/aromatic N) is 1. The Morgan fingerprint density at radius 2 is 2.14 bits per heavy atom. The molecule has 82 valence electrons. The predicted octanol–water partition coefficient (Wildman–Crippen LogP) is 0.626. The fourth-order valence-corrected chi connectivity index (χ4v) is 2.70. The van der Waals surface area contributed by atoms with Crippen molar-refractivity contribution in [2.45, 2.75) is 38.9 Å². The third kappa shape index (κ3) is 2.10. The molecule has 2 saturated heterocycles. The summed E-state index contributed by atoms with van der Waals surface area (Å²) in [5, 5.41) is 7.11. The molecule has 0 aromatic carbocycles. The van der Waals surface area contributed by atoms with Gasteiger partial charge in [-0.15, -0.1) is 0 Å². The maximum absolute atomic E-state index is 3.61. The van der Waals surface area contributed by atoms with Crippen LogP contribution < -0.4 is 10.6 Å². The molecule has 3 nitrogen and oxygen atoms in total. The highest BCUT2D eigenvalue weighted by molar-refractivity contribution is 4.87. The lowest BCUT2D eigenvalue weighted by atomic mass is 9.99. The maximum atomic E-state index is 3.61. The van der Waals surface area contributed by atoms with E-state index in [0.717, 1.165) is 25.0 Å². The van der Waals surface area contributed by atoms with Crippen LogP contribution in [0.25, 0.3) is 0 Å². The highest BCUT2D eigenvalue weighted by atomic mass is 15.3. The zero-order valence-corrected chi connectivity index (χ0v) is 9.42. The minimum Gasteiger partial charge on any atom is -0.314 e. The molecule has 0 saturated carbocycles. The van der Waals surface area contributed by atoms with E-state index in [4.69, 9.17) is 0 Å². The van der Waals surface area contributed by atoms with Gasteiger partial charge in [-0.3, -0.25) is 4.90 Å². The molecule has 0 aromatic heterocycles. The van der Waals surface area contributed by atoms with Crippen LogP contribution in [0, 0.1) is 5.92 Å². The molecule has 2 unspecified atom stereocenters. The summed E-state index contributed by atoms with van der Waals surface area (Å²) in [6.07, 6.45) is 3.34. The molecule has 0 amide bonds. The fourth-order valence-electron chi connectivity index (χ4n) is 2.70. The quantitative estimate of drug-likeness (QED) is 0.680. The van der Waals surface area contributed by atoms with Gasteiger partial charge in [0.1, 0.15) is 0 Å². The molecule has 0 radical (unpaired) electrons. The lowest BCUT2D eigenvalue weighted by Crippen LogP contribution is -2.59. The van der Waals surface area contributed by atoms with Crippen LogP contribution in [0.2, 0.25) is 0 Å². The number of hydrogen-bond donors (Lipinski definition) is 2. The Hall–Kier alpha value is -0.120. The Labute approximate surface area is 87.2 Å². The zero-order chi connectivity index (χ0) is 9.97. The second-order valence-corrected chi connectivity index (χ2v) is 4.87. The largest absolute Gasteiger partial charge is 0.314 e. The molecular weight excluding hydrogens is 174 g/mol. The van der Waals surface area contributed by atoms with Crippen molar-refractivity contribution in [3.63, 3.8) is 0 Å². The van der Waals surface area contributed by atoms with Gasteiger partial charge in [0, 0.05) is 25.7 Å². The smallest absolute Gasteiger partial charge is 0.0601 e. The van der Waals surface area contributed by atoms with Gasteiger partial charge in [0.25, 0.3) is 0 Å². The summed E-state index contributed by atoms with van der Waals surface area (Å²) in [7, 11) is 0. The van der Waals surface area contributed by atoms with Crippen LogP contribution in [0.15, 0.2) is 0 Å². The van der Waals surface area contributed by atoms with Crippen LogP contribution in [-0.2, 0) is 0 Å². The van der Waals surface area contributed by atoms with Crippen LogP contribution in [0.3, 0.4) is 0 Å². The van der Waals surface area contributed by atoms with Gasteiger partial charge in [-0.2, -0.15) is 0 Å². The highest BCUT2D eigenvalue weighted by Crippen LogP contribution is 2.19. The topological polar surface area (TPSA) is 27.3 Å². The van der Waals surface area contributed by atoms with E-state index >= 15 is 0 Å². The maximum Gasteiger partial charge on any atom is 0.0601 e. The van der Waals surface area contributed by atoms with Crippen molar-refractivity contribution in [2.24, 2.45) is 5.92 Å². The fraction of sp³-hybridized carbons (Fsp3) is 1.00. The molecule has 2 aliphatic rings. The minimum absolute atomic E-state index is 0.657. The van der Waals surface area contributed by atoms with E-state index < -0.39 is 0 Å². The molecule has 2 fully saturated rings. The summed E-state index contributed by atoms with van der Waals surface area (Å²) in [6.45, 7) is 9.40. The molecule has 2 aliphatic heterocycles. The lowest BCUT2D eigenvalue weighted by Gasteiger charge is -2.42. The van der Waals surface area contributed by atoms with Crippen molar-refractivity contribution < 1.29 is 0 Å². The Balaban J connectivity index is 1.98. The predicted molar refractivity (Wildman–Crippen MR) is 59.2 cm³/mol. The molecule has 2 N–H and O–H groups in total. The number of hydrogen-bond acceptors (Lipinski definition) is 3. The standard InChI is InChI=1S/C11H23N3/c1-9(2)10-8-12-6-7-14(10)11-4-3-5-13-11/h9-13H,3-8H2,1-2H3. The molecule has 2 rings (SSSR count). The molecular formula is C11H23N3. The summed E-state index contributed by atoms with van der Waals surface area (Å²) < 4.78 is 0. The summed E-state index contributed by atoms with van der Waals surface area (Å²) in [5.74, 6) is 0.755. The first-order chi connectivity index (χ1) is 6.79. The monoisotopic (exact) mass is 197 g/mol. The first kappa shape index (κ1) is 10.4. The van der Waals surface area contributed by atoms with Gasteiger partial charge in [0.15, 0.2) is 0 Å². The number of rotatable bonds is 2. The van der Waals surface area contributed by atoms with E-state index in [-0.39, 0.29) is 0 Å². The molecule has 2 atom stereocenters. The van der Waals surface area contributed by atoms with Crippen LogP contribution in [0.1, 0.15) is 26.7 Å². The lowest BCUT2D eigenvalue weighted by molar-refractivity contribution is 0.0694. The SMILES string of the molecule is CC(C)C1CNCCN1C1CCCN1. The van der Waals surface area contributed by atoms with E-state index in [1.165, 1.54) is 25.9 Å². The van der Waals surface area contributed by atoms with Crippen molar-refractivity contribution in [1.29, 1.82) is 0 Å². The molecule has 0 bridgehead atoms. The zero-order valence-electron chi connectivity index (χ0n) is 9.42.